The number of aromatic nitrogens is 1. The van der Waals surface area contributed by atoms with Gasteiger partial charge in [-0.25, -0.2) is 0 Å². The van der Waals surface area contributed by atoms with Crippen LogP contribution in [0.2, 0.25) is 19.6 Å². The molecule has 0 fully saturated rings. The molecule has 0 spiro atoms. The number of rotatable bonds is 5. The Kier molecular flexibility index (Phi) is 10.4. The summed E-state index contributed by atoms with van der Waals surface area (Å²) in [5.74, 6) is 0.361. The molecule has 0 amide bonds. The monoisotopic (exact) mass is 793 g/mol. The Hall–Kier alpha value is -3.41. The minimum Gasteiger partial charge on any atom is -0.512 e. The number of allylic oxidation sites excluding steroid dienone is 2. The number of benzene rings is 4. The van der Waals surface area contributed by atoms with Crippen LogP contribution < -0.4 is 5.19 Å². The Morgan fingerprint density at radius 1 is 0.932 bits per heavy atom. The van der Waals surface area contributed by atoms with Crippen molar-refractivity contribution < 1.29 is 30.0 Å². The molecule has 1 radical (unpaired) electrons. The minimum atomic E-state index is -1.32. The molecule has 2 aromatic heterocycles. The molecule has 0 bridgehead atoms. The molecule has 0 aliphatic carbocycles. The predicted octanol–water partition coefficient (Wildman–Crippen LogP) is 10.4. The van der Waals surface area contributed by atoms with Crippen LogP contribution in [0.4, 0.5) is 0 Å². The quantitative estimate of drug-likeness (QED) is 0.0819. The van der Waals surface area contributed by atoms with Crippen molar-refractivity contribution in [2.75, 3.05) is 0 Å². The molecule has 6 heteroatoms. The average Bonchev–Trinajstić information content (AvgIpc) is 3.35. The summed E-state index contributed by atoms with van der Waals surface area (Å²) in [6.07, 6.45) is 3.12. The molecule has 1 N–H and O–H groups in total. The molecule has 0 aliphatic heterocycles. The smallest absolute Gasteiger partial charge is 0.155 e. The largest absolute Gasteiger partial charge is 0.512 e. The van der Waals surface area contributed by atoms with E-state index >= 15 is 0 Å². The zero-order valence-electron chi connectivity index (χ0n) is 26.3. The number of carbonyl (C=O) groups is 1. The van der Waals surface area contributed by atoms with Crippen molar-refractivity contribution in [3.63, 3.8) is 0 Å². The van der Waals surface area contributed by atoms with Gasteiger partial charge >= 0.3 is 0 Å². The van der Waals surface area contributed by atoms with Gasteiger partial charge in [-0.2, -0.15) is 0 Å². The second-order valence-electron chi connectivity index (χ2n) is 12.4. The first-order valence-corrected chi connectivity index (χ1v) is 19.0. The van der Waals surface area contributed by atoms with E-state index in [1.807, 2.05) is 17.5 Å². The van der Waals surface area contributed by atoms with Crippen LogP contribution >= 0.6 is 11.3 Å². The average molecular weight is 793 g/mol. The predicted molar refractivity (Wildman–Crippen MR) is 188 cm³/mol. The van der Waals surface area contributed by atoms with E-state index in [4.69, 9.17) is 10.1 Å². The molecule has 4 aromatic carbocycles. The fourth-order valence-corrected chi connectivity index (χ4v) is 7.88. The van der Waals surface area contributed by atoms with E-state index in [1.54, 1.807) is 0 Å². The minimum absolute atomic E-state index is 0. The van der Waals surface area contributed by atoms with E-state index in [0.29, 0.717) is 5.92 Å². The number of carbonyl (C=O) groups excluding carboxylic acids is 1. The van der Waals surface area contributed by atoms with Gasteiger partial charge in [-0.05, 0) is 47.7 Å². The summed E-state index contributed by atoms with van der Waals surface area (Å²) >= 11 is 1.87. The third-order valence-electron chi connectivity index (χ3n) is 7.57. The van der Waals surface area contributed by atoms with Crippen LogP contribution in [0.15, 0.2) is 96.9 Å². The van der Waals surface area contributed by atoms with Gasteiger partial charge in [0.05, 0.1) is 13.8 Å². The topological polar surface area (TPSA) is 50.2 Å². The number of aliphatic hydroxyl groups excluding tert-OH is 1. The molecule has 3 nitrogen and oxygen atoms in total. The van der Waals surface area contributed by atoms with Crippen LogP contribution in [0, 0.1) is 6.07 Å². The fraction of sp³-hybridized carbons (Fsp3) is 0.211. The number of aliphatic hydroxyl groups is 1. The number of hydrogen-bond donors (Lipinski definition) is 1. The van der Waals surface area contributed by atoms with Crippen molar-refractivity contribution in [3.05, 3.63) is 109 Å². The van der Waals surface area contributed by atoms with Gasteiger partial charge in [0.1, 0.15) is 0 Å². The van der Waals surface area contributed by atoms with E-state index in [0.717, 1.165) is 16.6 Å². The molecule has 0 saturated carbocycles. The summed E-state index contributed by atoms with van der Waals surface area (Å²) in [6.45, 7) is 14.6. The van der Waals surface area contributed by atoms with Crippen LogP contribution in [0.5, 0.6) is 0 Å². The van der Waals surface area contributed by atoms with Gasteiger partial charge in [0.25, 0.3) is 0 Å². The maximum absolute atomic E-state index is 10.0. The maximum atomic E-state index is 10.0. The van der Waals surface area contributed by atoms with Crippen molar-refractivity contribution >= 4 is 61.3 Å². The van der Waals surface area contributed by atoms with E-state index in [-0.39, 0.29) is 31.6 Å². The molecule has 227 valence electrons. The van der Waals surface area contributed by atoms with Gasteiger partial charge in [-0.15, -0.1) is 40.5 Å². The molecule has 0 aliphatic rings. The van der Waals surface area contributed by atoms with Gasteiger partial charge in [0.15, 0.2) is 5.78 Å². The van der Waals surface area contributed by atoms with Gasteiger partial charge in [-0.3, -0.25) is 9.78 Å². The van der Waals surface area contributed by atoms with E-state index in [2.05, 4.69) is 118 Å². The summed E-state index contributed by atoms with van der Waals surface area (Å²) < 4.78 is 2.60. The van der Waals surface area contributed by atoms with E-state index < -0.39 is 8.07 Å². The first-order valence-electron chi connectivity index (χ1n) is 14.7. The SMILES string of the molecule is CC(=O)/C=C(/C)O.CC(C)c1cc(-c2nccc3sc4c(-c5ccc([Si](C)(C)C)cc5)cccc4c23)[c-]c2ccccc12.[Ir]. The summed E-state index contributed by atoms with van der Waals surface area (Å²) in [4.78, 5) is 14.9. The summed E-state index contributed by atoms with van der Waals surface area (Å²) in [5, 5.41) is 14.8. The number of fused-ring (bicyclic) bond motifs is 4. The summed E-state index contributed by atoms with van der Waals surface area (Å²) in [6, 6.07) is 32.7. The van der Waals surface area contributed by atoms with Crippen molar-refractivity contribution in [3.8, 4) is 22.4 Å². The van der Waals surface area contributed by atoms with E-state index in [1.165, 1.54) is 67.4 Å². The first-order chi connectivity index (χ1) is 20.4. The van der Waals surface area contributed by atoms with Gasteiger partial charge in [0, 0.05) is 47.5 Å². The third-order valence-corrected chi connectivity index (χ3v) is 10.8. The number of thiophene rings is 1. The van der Waals surface area contributed by atoms with Gasteiger partial charge in [-0.1, -0.05) is 110 Å². The van der Waals surface area contributed by atoms with Crippen LogP contribution in [0.25, 0.3) is 53.3 Å². The van der Waals surface area contributed by atoms with Crippen molar-refractivity contribution in [2.24, 2.45) is 0 Å². The molecule has 0 saturated heterocycles. The molecule has 6 rings (SSSR count). The zero-order chi connectivity index (χ0) is 30.9. The Balaban J connectivity index is 0.000000497. The second kappa shape index (κ2) is 13.7. The van der Waals surface area contributed by atoms with Crippen molar-refractivity contribution in [1.29, 1.82) is 0 Å². The third kappa shape index (κ3) is 7.11. The number of nitrogens with zero attached hydrogens (tertiary/aromatic N) is 1. The molecule has 0 unspecified atom stereocenters. The van der Waals surface area contributed by atoms with Crippen molar-refractivity contribution in [2.45, 2.75) is 53.3 Å². The standard InChI is InChI=1S/C33H30NSSi.C5H8O2.Ir/c1-21(2)29-20-24(19-23-9-6-7-10-26(23)29)32-31-28-12-8-11-27(33(28)35-30(31)17-18-34-32)22-13-15-25(16-14-22)36(3,4)5;1-4(6)3-5(2)7;/h6-18,20-21H,1-5H3;3,6H,1-2H3;/q-1;;/b;4-3-;. The number of pyridine rings is 1. The molecule has 6 aromatic rings. The zero-order valence-corrected chi connectivity index (χ0v) is 30.5. The number of hydrogen-bond acceptors (Lipinski definition) is 4. The normalized spacial score (nSPS) is 11.9. The summed E-state index contributed by atoms with van der Waals surface area (Å²) in [5.41, 5.74) is 6.03. The van der Waals surface area contributed by atoms with Gasteiger partial charge < -0.3 is 5.11 Å². The fourth-order valence-electron chi connectivity index (χ4n) is 5.48. The molecule has 0 atom stereocenters. The molecular weight excluding hydrogens is 755 g/mol. The van der Waals surface area contributed by atoms with E-state index in [9.17, 15) is 4.79 Å². The first kappa shape index (κ1) is 33.5. The van der Waals surface area contributed by atoms with Crippen LogP contribution in [-0.4, -0.2) is 23.9 Å². The maximum Gasteiger partial charge on any atom is 0.155 e. The molecular formula is C38H38IrNO2SSi-. The Labute approximate surface area is 279 Å². The van der Waals surface area contributed by atoms with Crippen LogP contribution in [0.3, 0.4) is 0 Å². The van der Waals surface area contributed by atoms with Crippen LogP contribution in [0.1, 0.15) is 39.2 Å². The summed E-state index contributed by atoms with van der Waals surface area (Å²) in [7, 11) is -1.32. The second-order valence-corrected chi connectivity index (χ2v) is 18.5. The molecule has 2 heterocycles. The Morgan fingerprint density at radius 3 is 2.23 bits per heavy atom. The molecule has 44 heavy (non-hydrogen) atoms. The van der Waals surface area contributed by atoms with Crippen molar-refractivity contribution in [1.82, 2.24) is 4.98 Å². The Morgan fingerprint density at radius 2 is 1.61 bits per heavy atom. The number of ketones is 1. The Bertz CT molecular complexity index is 1980. The van der Waals surface area contributed by atoms with Crippen LogP contribution in [-0.2, 0) is 24.9 Å². The van der Waals surface area contributed by atoms with Gasteiger partial charge in [0.2, 0.25) is 0 Å².